The molecule has 0 aliphatic carbocycles. The van der Waals surface area contributed by atoms with Crippen LogP contribution in [0.5, 0.6) is 0 Å². The van der Waals surface area contributed by atoms with Crippen LogP contribution in [0.4, 0.5) is 0 Å². The minimum atomic E-state index is 0.884. The summed E-state index contributed by atoms with van der Waals surface area (Å²) in [7, 11) is 0. The Balaban J connectivity index is 3.23. The summed E-state index contributed by atoms with van der Waals surface area (Å²) in [6.07, 6.45) is 5.27. The second-order valence-corrected chi connectivity index (χ2v) is 4.19. The Morgan fingerprint density at radius 2 is 1.62 bits per heavy atom. The fraction of sp³-hybridized carbons (Fsp3) is 1.00. The molecule has 1 N–H and O–H groups in total. The molecule has 0 spiro atoms. The van der Waals surface area contributed by atoms with Gasteiger partial charge < -0.3 is 5.32 Å². The van der Waals surface area contributed by atoms with Gasteiger partial charge in [-0.2, -0.15) is 0 Å². The molecule has 1 heteroatoms. The van der Waals surface area contributed by atoms with Crippen LogP contribution in [0.3, 0.4) is 0 Å². The zero-order valence-corrected chi connectivity index (χ0v) is 9.90. The van der Waals surface area contributed by atoms with Gasteiger partial charge in [-0.15, -0.1) is 0 Å². The molecule has 0 saturated heterocycles. The predicted octanol–water partition coefficient (Wildman–Crippen LogP) is 3.45. The minimum absolute atomic E-state index is 0.884. The minimum Gasteiger partial charge on any atom is -0.316 e. The summed E-state index contributed by atoms with van der Waals surface area (Å²) < 4.78 is 0. The highest BCUT2D eigenvalue weighted by atomic mass is 14.9. The van der Waals surface area contributed by atoms with Gasteiger partial charge in [0.1, 0.15) is 0 Å². The van der Waals surface area contributed by atoms with Gasteiger partial charge in [-0.3, -0.25) is 0 Å². The van der Waals surface area contributed by atoms with Crippen molar-refractivity contribution in [1.29, 1.82) is 0 Å². The molecule has 1 nitrogen and oxygen atoms in total. The molecule has 0 aromatic heterocycles. The molecule has 0 amide bonds. The van der Waals surface area contributed by atoms with E-state index in [0.717, 1.165) is 11.8 Å². The molecule has 0 bridgehead atoms. The maximum absolute atomic E-state index is 3.55. The first-order valence-electron chi connectivity index (χ1n) is 5.95. The Bertz CT molecular complexity index is 97.3. The third kappa shape index (κ3) is 7.06. The van der Waals surface area contributed by atoms with Gasteiger partial charge in [-0.1, -0.05) is 47.0 Å². The lowest BCUT2D eigenvalue weighted by molar-refractivity contribution is 0.424. The summed E-state index contributed by atoms with van der Waals surface area (Å²) in [5.41, 5.74) is 0. The zero-order valence-electron chi connectivity index (χ0n) is 9.90. The lowest BCUT2D eigenvalue weighted by Crippen LogP contribution is -2.24. The van der Waals surface area contributed by atoms with Crippen molar-refractivity contribution in [2.45, 2.75) is 53.4 Å². The Morgan fingerprint density at radius 3 is 2.08 bits per heavy atom. The molecule has 0 aliphatic rings. The van der Waals surface area contributed by atoms with E-state index >= 15 is 0 Å². The van der Waals surface area contributed by atoms with E-state index in [9.17, 15) is 0 Å². The molecule has 0 radical (unpaired) electrons. The molecule has 80 valence electrons. The average molecular weight is 185 g/mol. The molecule has 1 atom stereocenters. The van der Waals surface area contributed by atoms with Gasteiger partial charge in [0.15, 0.2) is 0 Å². The first-order valence-corrected chi connectivity index (χ1v) is 5.95. The largest absolute Gasteiger partial charge is 0.316 e. The van der Waals surface area contributed by atoms with Gasteiger partial charge in [0.05, 0.1) is 0 Å². The highest BCUT2D eigenvalue weighted by molar-refractivity contribution is 4.60. The lowest BCUT2D eigenvalue weighted by atomic mass is 10.0. The molecule has 0 fully saturated rings. The van der Waals surface area contributed by atoms with Gasteiger partial charge in [0.2, 0.25) is 0 Å². The van der Waals surface area contributed by atoms with Gasteiger partial charge >= 0.3 is 0 Å². The molecule has 0 aromatic carbocycles. The van der Waals surface area contributed by atoms with Crippen molar-refractivity contribution >= 4 is 0 Å². The van der Waals surface area contributed by atoms with E-state index in [1.54, 1.807) is 0 Å². The van der Waals surface area contributed by atoms with Crippen LogP contribution in [-0.4, -0.2) is 13.1 Å². The molecule has 13 heavy (non-hydrogen) atoms. The molecule has 0 saturated carbocycles. The Labute approximate surface area is 84.3 Å². The van der Waals surface area contributed by atoms with Crippen molar-refractivity contribution in [2.24, 2.45) is 11.8 Å². The summed E-state index contributed by atoms with van der Waals surface area (Å²) >= 11 is 0. The van der Waals surface area contributed by atoms with E-state index in [1.807, 2.05) is 0 Å². The maximum Gasteiger partial charge on any atom is -0.00207 e. The van der Waals surface area contributed by atoms with Crippen LogP contribution in [-0.2, 0) is 0 Å². The van der Waals surface area contributed by atoms with Gasteiger partial charge in [-0.05, 0) is 31.3 Å². The first-order chi connectivity index (χ1) is 6.24. The normalized spacial score (nSPS) is 13.6. The van der Waals surface area contributed by atoms with Crippen LogP contribution in [0.1, 0.15) is 53.4 Å². The molecule has 0 aliphatic heterocycles. The quantitative estimate of drug-likeness (QED) is 0.571. The summed E-state index contributed by atoms with van der Waals surface area (Å²) in [5, 5.41) is 3.55. The Morgan fingerprint density at radius 1 is 1.00 bits per heavy atom. The summed E-state index contributed by atoms with van der Waals surface area (Å²) in [6, 6.07) is 0. The SMILES string of the molecule is CCC(C)CCNCC(CC)CC. The van der Waals surface area contributed by atoms with Crippen molar-refractivity contribution in [3.63, 3.8) is 0 Å². The van der Waals surface area contributed by atoms with Crippen LogP contribution in [0.25, 0.3) is 0 Å². The van der Waals surface area contributed by atoms with Crippen LogP contribution in [0.15, 0.2) is 0 Å². The fourth-order valence-corrected chi connectivity index (χ4v) is 1.44. The van der Waals surface area contributed by atoms with E-state index in [1.165, 1.54) is 38.8 Å². The van der Waals surface area contributed by atoms with Gasteiger partial charge in [0.25, 0.3) is 0 Å². The van der Waals surface area contributed by atoms with Gasteiger partial charge in [0, 0.05) is 0 Å². The second kappa shape index (κ2) is 8.55. The monoisotopic (exact) mass is 185 g/mol. The summed E-state index contributed by atoms with van der Waals surface area (Å²) in [4.78, 5) is 0. The number of hydrogen-bond acceptors (Lipinski definition) is 1. The van der Waals surface area contributed by atoms with Crippen LogP contribution in [0.2, 0.25) is 0 Å². The molecule has 0 heterocycles. The number of rotatable bonds is 8. The zero-order chi connectivity index (χ0) is 10.1. The Kier molecular flexibility index (Phi) is 8.53. The van der Waals surface area contributed by atoms with E-state index in [0.29, 0.717) is 0 Å². The van der Waals surface area contributed by atoms with Crippen molar-refractivity contribution in [1.82, 2.24) is 5.32 Å². The number of hydrogen-bond donors (Lipinski definition) is 1. The van der Waals surface area contributed by atoms with E-state index in [4.69, 9.17) is 0 Å². The smallest absolute Gasteiger partial charge is 0.00207 e. The van der Waals surface area contributed by atoms with Crippen molar-refractivity contribution in [3.05, 3.63) is 0 Å². The second-order valence-electron chi connectivity index (χ2n) is 4.19. The van der Waals surface area contributed by atoms with E-state index < -0.39 is 0 Å². The van der Waals surface area contributed by atoms with Crippen LogP contribution >= 0.6 is 0 Å². The van der Waals surface area contributed by atoms with Crippen molar-refractivity contribution < 1.29 is 0 Å². The fourth-order valence-electron chi connectivity index (χ4n) is 1.44. The average Bonchev–Trinajstić information content (AvgIpc) is 2.18. The Hall–Kier alpha value is -0.0400. The third-order valence-electron chi connectivity index (χ3n) is 3.10. The lowest BCUT2D eigenvalue weighted by Gasteiger charge is -2.14. The molecule has 0 aromatic rings. The standard InChI is InChI=1S/C12H27N/c1-5-11(4)8-9-13-10-12(6-2)7-3/h11-13H,5-10H2,1-4H3. The molecular weight excluding hydrogens is 158 g/mol. The molecular formula is C12H27N. The topological polar surface area (TPSA) is 12.0 Å². The third-order valence-corrected chi connectivity index (χ3v) is 3.10. The molecule has 0 rings (SSSR count). The van der Waals surface area contributed by atoms with E-state index in [2.05, 4.69) is 33.0 Å². The van der Waals surface area contributed by atoms with Crippen LogP contribution in [0, 0.1) is 11.8 Å². The maximum atomic E-state index is 3.55. The first kappa shape index (κ1) is 13.0. The summed E-state index contributed by atoms with van der Waals surface area (Å²) in [5.74, 6) is 1.77. The summed E-state index contributed by atoms with van der Waals surface area (Å²) in [6.45, 7) is 11.6. The highest BCUT2D eigenvalue weighted by Gasteiger charge is 2.02. The van der Waals surface area contributed by atoms with Gasteiger partial charge in [-0.25, -0.2) is 0 Å². The van der Waals surface area contributed by atoms with Crippen molar-refractivity contribution in [2.75, 3.05) is 13.1 Å². The highest BCUT2D eigenvalue weighted by Crippen LogP contribution is 2.07. The predicted molar refractivity (Wildman–Crippen MR) is 61.0 cm³/mol. The van der Waals surface area contributed by atoms with Crippen molar-refractivity contribution in [3.8, 4) is 0 Å². The molecule has 1 unspecified atom stereocenters. The van der Waals surface area contributed by atoms with E-state index in [-0.39, 0.29) is 0 Å². The van der Waals surface area contributed by atoms with Crippen LogP contribution < -0.4 is 5.32 Å². The number of nitrogens with one attached hydrogen (secondary N) is 1.